The van der Waals surface area contributed by atoms with Crippen molar-refractivity contribution in [2.75, 3.05) is 12.8 Å². The molecule has 0 aliphatic carbocycles. The number of rotatable bonds is 4. The molecule has 1 amide bonds. The highest BCUT2D eigenvalue weighted by atomic mass is 16.5. The number of amides is 1. The van der Waals surface area contributed by atoms with Crippen LogP contribution in [0.2, 0.25) is 0 Å². The third-order valence-corrected chi connectivity index (χ3v) is 2.99. The molecule has 104 valence electrons. The number of nitrogens with zero attached hydrogens (tertiary/aromatic N) is 1. The smallest absolute Gasteiger partial charge is 0.257 e. The second kappa shape index (κ2) is 6.06. The summed E-state index contributed by atoms with van der Waals surface area (Å²) in [5, 5.41) is 2.91. The minimum Gasteiger partial charge on any atom is -0.480 e. The number of pyridine rings is 1. The molecule has 1 atom stereocenters. The first-order valence-corrected chi connectivity index (χ1v) is 6.27. The van der Waals surface area contributed by atoms with Crippen LogP contribution in [0, 0.1) is 0 Å². The van der Waals surface area contributed by atoms with Gasteiger partial charge in [-0.3, -0.25) is 4.79 Å². The summed E-state index contributed by atoms with van der Waals surface area (Å²) in [7, 11) is 1.49. The number of benzene rings is 1. The van der Waals surface area contributed by atoms with Crippen molar-refractivity contribution in [1.29, 1.82) is 0 Å². The molecule has 0 fully saturated rings. The lowest BCUT2D eigenvalue weighted by molar-refractivity contribution is 0.0936. The molecule has 0 saturated heterocycles. The van der Waals surface area contributed by atoms with Crippen molar-refractivity contribution in [3.05, 3.63) is 53.7 Å². The summed E-state index contributed by atoms with van der Waals surface area (Å²) in [6.45, 7) is 1.91. The SMILES string of the molecule is COc1ncccc1C(=O)NC(C)c1ccc(N)cc1. The molecular weight excluding hydrogens is 254 g/mol. The Morgan fingerprint density at radius 3 is 2.65 bits per heavy atom. The fourth-order valence-electron chi connectivity index (χ4n) is 1.87. The number of methoxy groups -OCH3 is 1. The van der Waals surface area contributed by atoms with Gasteiger partial charge in [-0.25, -0.2) is 4.98 Å². The molecule has 0 spiro atoms. The van der Waals surface area contributed by atoms with Gasteiger partial charge in [0, 0.05) is 11.9 Å². The Bertz CT molecular complexity index is 596. The number of anilines is 1. The number of nitrogens with two attached hydrogens (primary N) is 1. The standard InChI is InChI=1S/C15H17N3O2/c1-10(11-5-7-12(16)8-6-11)18-14(19)13-4-3-9-17-15(13)20-2/h3-10H,16H2,1-2H3,(H,18,19). The maximum atomic E-state index is 12.2. The van der Waals surface area contributed by atoms with Crippen molar-refractivity contribution in [3.63, 3.8) is 0 Å². The number of carbonyl (C=O) groups excluding carboxylic acids is 1. The average molecular weight is 271 g/mol. The number of carbonyl (C=O) groups is 1. The van der Waals surface area contributed by atoms with E-state index in [4.69, 9.17) is 10.5 Å². The maximum Gasteiger partial charge on any atom is 0.257 e. The monoisotopic (exact) mass is 271 g/mol. The molecule has 1 unspecified atom stereocenters. The second-order valence-electron chi connectivity index (χ2n) is 4.42. The number of hydrogen-bond donors (Lipinski definition) is 2. The van der Waals surface area contributed by atoms with E-state index in [0.29, 0.717) is 17.1 Å². The summed E-state index contributed by atoms with van der Waals surface area (Å²) in [4.78, 5) is 16.2. The zero-order chi connectivity index (χ0) is 14.5. The zero-order valence-corrected chi connectivity index (χ0v) is 11.5. The predicted molar refractivity (Wildman–Crippen MR) is 77.5 cm³/mol. The first kappa shape index (κ1) is 13.9. The van der Waals surface area contributed by atoms with Crippen molar-refractivity contribution in [3.8, 4) is 5.88 Å². The van der Waals surface area contributed by atoms with Gasteiger partial charge < -0.3 is 15.8 Å². The van der Waals surface area contributed by atoms with Crippen LogP contribution < -0.4 is 15.8 Å². The van der Waals surface area contributed by atoms with E-state index in [2.05, 4.69) is 10.3 Å². The first-order chi connectivity index (χ1) is 9.61. The minimum atomic E-state index is -0.223. The molecule has 0 saturated carbocycles. The van der Waals surface area contributed by atoms with Gasteiger partial charge in [0.05, 0.1) is 13.2 Å². The highest BCUT2D eigenvalue weighted by molar-refractivity contribution is 5.96. The van der Waals surface area contributed by atoms with Gasteiger partial charge in [0.1, 0.15) is 5.56 Å². The van der Waals surface area contributed by atoms with Crippen molar-refractivity contribution in [2.24, 2.45) is 0 Å². The Kier molecular flexibility index (Phi) is 4.20. The van der Waals surface area contributed by atoms with Gasteiger partial charge in [0.2, 0.25) is 5.88 Å². The first-order valence-electron chi connectivity index (χ1n) is 6.27. The molecular formula is C15H17N3O2. The van der Waals surface area contributed by atoms with Crippen LogP contribution in [0.1, 0.15) is 28.9 Å². The number of ether oxygens (including phenoxy) is 1. The highest BCUT2D eigenvalue weighted by Crippen LogP contribution is 2.17. The van der Waals surface area contributed by atoms with E-state index in [1.54, 1.807) is 18.3 Å². The van der Waals surface area contributed by atoms with Crippen molar-refractivity contribution >= 4 is 11.6 Å². The van der Waals surface area contributed by atoms with Crippen molar-refractivity contribution in [2.45, 2.75) is 13.0 Å². The quantitative estimate of drug-likeness (QED) is 0.835. The maximum absolute atomic E-state index is 12.2. The number of aromatic nitrogens is 1. The van der Waals surface area contributed by atoms with Crippen LogP contribution in [0.25, 0.3) is 0 Å². The molecule has 1 aromatic heterocycles. The van der Waals surface area contributed by atoms with Crippen molar-refractivity contribution in [1.82, 2.24) is 10.3 Å². The number of hydrogen-bond acceptors (Lipinski definition) is 4. The predicted octanol–water partition coefficient (Wildman–Crippen LogP) is 2.16. The lowest BCUT2D eigenvalue weighted by Gasteiger charge is -2.15. The largest absolute Gasteiger partial charge is 0.480 e. The van der Waals surface area contributed by atoms with E-state index in [-0.39, 0.29) is 11.9 Å². The highest BCUT2D eigenvalue weighted by Gasteiger charge is 2.15. The normalized spacial score (nSPS) is 11.7. The molecule has 5 heteroatoms. The van der Waals surface area contributed by atoms with Crippen LogP contribution in [0.4, 0.5) is 5.69 Å². The lowest BCUT2D eigenvalue weighted by Crippen LogP contribution is -2.27. The van der Waals surface area contributed by atoms with E-state index in [0.717, 1.165) is 5.56 Å². The molecule has 0 aliphatic heterocycles. The molecule has 0 bridgehead atoms. The molecule has 20 heavy (non-hydrogen) atoms. The molecule has 0 aliphatic rings. The lowest BCUT2D eigenvalue weighted by atomic mass is 10.1. The molecule has 0 radical (unpaired) electrons. The van der Waals surface area contributed by atoms with E-state index in [1.807, 2.05) is 31.2 Å². The van der Waals surface area contributed by atoms with Crippen LogP contribution >= 0.6 is 0 Å². The molecule has 1 heterocycles. The van der Waals surface area contributed by atoms with Crippen LogP contribution in [-0.4, -0.2) is 18.0 Å². The van der Waals surface area contributed by atoms with Gasteiger partial charge in [-0.05, 0) is 36.8 Å². The van der Waals surface area contributed by atoms with Gasteiger partial charge in [-0.1, -0.05) is 12.1 Å². The van der Waals surface area contributed by atoms with Crippen LogP contribution in [0.5, 0.6) is 5.88 Å². The van der Waals surface area contributed by atoms with E-state index in [9.17, 15) is 4.79 Å². The van der Waals surface area contributed by atoms with Gasteiger partial charge in [0.15, 0.2) is 0 Å². The minimum absolute atomic E-state index is 0.131. The van der Waals surface area contributed by atoms with Gasteiger partial charge >= 0.3 is 0 Å². The van der Waals surface area contributed by atoms with Gasteiger partial charge in [-0.15, -0.1) is 0 Å². The third kappa shape index (κ3) is 3.06. The summed E-state index contributed by atoms with van der Waals surface area (Å²) >= 11 is 0. The molecule has 3 N–H and O–H groups in total. The Balaban J connectivity index is 2.13. The van der Waals surface area contributed by atoms with Crippen molar-refractivity contribution < 1.29 is 9.53 Å². The zero-order valence-electron chi connectivity index (χ0n) is 11.5. The summed E-state index contributed by atoms with van der Waals surface area (Å²) in [6, 6.07) is 10.6. The Morgan fingerprint density at radius 2 is 2.00 bits per heavy atom. The van der Waals surface area contributed by atoms with E-state index >= 15 is 0 Å². The fourth-order valence-corrected chi connectivity index (χ4v) is 1.87. The second-order valence-corrected chi connectivity index (χ2v) is 4.42. The fraction of sp³-hybridized carbons (Fsp3) is 0.200. The Labute approximate surface area is 117 Å². The van der Waals surface area contributed by atoms with Crippen LogP contribution in [0.15, 0.2) is 42.6 Å². The Hall–Kier alpha value is -2.56. The third-order valence-electron chi connectivity index (χ3n) is 2.99. The summed E-state index contributed by atoms with van der Waals surface area (Å²) in [6.07, 6.45) is 1.58. The Morgan fingerprint density at radius 1 is 1.30 bits per heavy atom. The van der Waals surface area contributed by atoms with Crippen LogP contribution in [-0.2, 0) is 0 Å². The van der Waals surface area contributed by atoms with E-state index in [1.165, 1.54) is 7.11 Å². The summed E-state index contributed by atoms with van der Waals surface area (Å²) < 4.78 is 5.08. The topological polar surface area (TPSA) is 77.2 Å². The molecule has 2 aromatic rings. The molecule has 1 aromatic carbocycles. The van der Waals surface area contributed by atoms with Gasteiger partial charge in [-0.2, -0.15) is 0 Å². The summed E-state index contributed by atoms with van der Waals surface area (Å²) in [5.41, 5.74) is 7.74. The van der Waals surface area contributed by atoms with Gasteiger partial charge in [0.25, 0.3) is 5.91 Å². The van der Waals surface area contributed by atoms with Crippen LogP contribution in [0.3, 0.4) is 0 Å². The summed E-state index contributed by atoms with van der Waals surface area (Å²) in [5.74, 6) is 0.0915. The molecule has 2 rings (SSSR count). The molecule has 5 nitrogen and oxygen atoms in total. The number of nitrogen functional groups attached to an aromatic ring is 1. The average Bonchev–Trinajstić information content (AvgIpc) is 2.47. The number of nitrogens with one attached hydrogen (secondary N) is 1. The van der Waals surface area contributed by atoms with E-state index < -0.39 is 0 Å².